The molecule has 3 unspecified atom stereocenters. The van der Waals surface area contributed by atoms with Crippen LogP contribution in [0.25, 0.3) is 23.5 Å². The minimum atomic E-state index is -1.50. The number of halogens is 4. The number of aromatic nitrogens is 4. The van der Waals surface area contributed by atoms with Gasteiger partial charge < -0.3 is 47.6 Å². The number of morpholine rings is 2. The van der Waals surface area contributed by atoms with Gasteiger partial charge in [-0.15, -0.1) is 0 Å². The first-order chi connectivity index (χ1) is 32.5. The zero-order chi connectivity index (χ0) is 46.8. The molecule has 0 radical (unpaired) electrons. The minimum Gasteiger partial charge on any atom is -0.495 e. The highest BCUT2D eigenvalue weighted by Gasteiger charge is 2.39. The number of benzene rings is 4. The quantitative estimate of drug-likeness (QED) is 0.108. The standard InChI is InChI=1S/C25H25FN4O3.C24H21F3N4O3/c1-16-14-29(15-27-16)21-9-4-18(12-22(21)31-3)13-23-25-28-33-17(2)24(30(25)10-11-32-23)19-5-7-20(26)8-6-19;1-14-11-30(13-28-14)19-4-3-15(7-21(19)32-2)8-22-24-29-34-12-20(31(24)5-6-33-22)16-9-17(25)23(27)18(26)10-16/h4-9,12-15,17,24H,10-11H2,1-3H3;3-4,7-11,13,20H,5-6,12H2,1-2H3/b23-13-;22-8-. The molecule has 0 aliphatic carbocycles. The van der Waals surface area contributed by atoms with Crippen LogP contribution in [0.1, 0.15) is 52.6 Å². The zero-order valence-electron chi connectivity index (χ0n) is 37.2. The van der Waals surface area contributed by atoms with Crippen molar-refractivity contribution in [3.05, 3.63) is 166 Å². The smallest absolute Gasteiger partial charge is 0.211 e. The lowest BCUT2D eigenvalue weighted by molar-refractivity contribution is -0.0221. The summed E-state index contributed by atoms with van der Waals surface area (Å²) in [5, 5.41) is 8.47. The average Bonchev–Trinajstić information content (AvgIpc) is 3.98. The number of aryl methyl sites for hydroxylation is 2. The highest BCUT2D eigenvalue weighted by molar-refractivity contribution is 6.01. The maximum absolute atomic E-state index is 13.9. The molecular formula is C49H46F4N8O6. The Morgan fingerprint density at radius 2 is 1.19 bits per heavy atom. The van der Waals surface area contributed by atoms with Gasteiger partial charge in [-0.25, -0.2) is 27.5 Å². The molecule has 0 N–H and O–H groups in total. The lowest BCUT2D eigenvalue weighted by Crippen LogP contribution is -2.49. The molecule has 6 heterocycles. The van der Waals surface area contributed by atoms with Crippen molar-refractivity contribution in [1.82, 2.24) is 28.9 Å². The molecule has 0 spiro atoms. The van der Waals surface area contributed by atoms with Crippen LogP contribution in [-0.4, -0.2) is 93.8 Å². The fourth-order valence-electron chi connectivity index (χ4n) is 8.37. The molecule has 2 saturated heterocycles. The predicted octanol–water partition coefficient (Wildman–Crippen LogP) is 8.84. The number of rotatable bonds is 8. The second-order valence-electron chi connectivity index (χ2n) is 16.1. The van der Waals surface area contributed by atoms with Crippen LogP contribution < -0.4 is 9.47 Å². The molecule has 4 aliphatic heterocycles. The number of imidazole rings is 2. The zero-order valence-corrected chi connectivity index (χ0v) is 37.2. The van der Waals surface area contributed by atoms with Crippen LogP contribution >= 0.6 is 0 Å². The Kier molecular flexibility index (Phi) is 12.6. The van der Waals surface area contributed by atoms with Gasteiger partial charge in [0, 0.05) is 12.4 Å². The van der Waals surface area contributed by atoms with E-state index in [9.17, 15) is 17.6 Å². The van der Waals surface area contributed by atoms with Crippen LogP contribution in [0.15, 0.2) is 120 Å². The molecule has 0 saturated carbocycles. The molecule has 4 aromatic carbocycles. The third-order valence-electron chi connectivity index (χ3n) is 11.6. The van der Waals surface area contributed by atoms with E-state index in [1.54, 1.807) is 45.1 Å². The first kappa shape index (κ1) is 44.4. The fraction of sp³-hybridized carbons (Fsp3) is 0.265. The van der Waals surface area contributed by atoms with Crippen molar-refractivity contribution < 1.29 is 46.2 Å². The van der Waals surface area contributed by atoms with Crippen molar-refractivity contribution in [3.63, 3.8) is 0 Å². The summed E-state index contributed by atoms with van der Waals surface area (Å²) < 4.78 is 81.4. The van der Waals surface area contributed by atoms with Gasteiger partial charge in [0.15, 0.2) is 29.0 Å². The average molecular weight is 919 g/mol. The Morgan fingerprint density at radius 3 is 1.72 bits per heavy atom. The topological polar surface area (TPSA) is 122 Å². The van der Waals surface area contributed by atoms with Crippen LogP contribution in [0, 0.1) is 37.1 Å². The van der Waals surface area contributed by atoms with E-state index in [1.807, 2.05) is 89.7 Å². The van der Waals surface area contributed by atoms with E-state index in [-0.39, 0.29) is 30.1 Å². The highest BCUT2D eigenvalue weighted by Crippen LogP contribution is 2.36. The molecule has 14 nitrogen and oxygen atoms in total. The van der Waals surface area contributed by atoms with E-state index in [4.69, 9.17) is 28.6 Å². The summed E-state index contributed by atoms with van der Waals surface area (Å²) in [6.45, 7) is 7.81. The molecule has 3 atom stereocenters. The monoisotopic (exact) mass is 918 g/mol. The van der Waals surface area contributed by atoms with Gasteiger partial charge >= 0.3 is 0 Å². The first-order valence-electron chi connectivity index (χ1n) is 21.4. The molecule has 0 bridgehead atoms. The summed E-state index contributed by atoms with van der Waals surface area (Å²) in [7, 11) is 3.23. The van der Waals surface area contributed by atoms with E-state index < -0.39 is 23.5 Å². The molecular weight excluding hydrogens is 873 g/mol. The maximum atomic E-state index is 13.9. The van der Waals surface area contributed by atoms with E-state index in [2.05, 4.69) is 25.2 Å². The molecule has 4 aliphatic rings. The number of methoxy groups -OCH3 is 2. The molecule has 18 heteroatoms. The van der Waals surface area contributed by atoms with Gasteiger partial charge in [-0.2, -0.15) is 0 Å². The number of hydrogen-bond donors (Lipinski definition) is 0. The van der Waals surface area contributed by atoms with Crippen LogP contribution in [0.4, 0.5) is 17.6 Å². The summed E-state index contributed by atoms with van der Waals surface area (Å²) in [6, 6.07) is 19.4. The maximum Gasteiger partial charge on any atom is 0.211 e. The third kappa shape index (κ3) is 9.23. The normalized spacial score (nSPS) is 19.9. The van der Waals surface area contributed by atoms with Crippen molar-refractivity contribution in [2.45, 2.75) is 39.0 Å². The summed E-state index contributed by atoms with van der Waals surface area (Å²) in [5.41, 5.74) is 6.46. The Labute approximate surface area is 383 Å². The van der Waals surface area contributed by atoms with Gasteiger partial charge in [-0.1, -0.05) is 34.6 Å². The van der Waals surface area contributed by atoms with Gasteiger partial charge in [0.1, 0.15) is 43.2 Å². The number of amidine groups is 2. The molecule has 2 fully saturated rings. The van der Waals surface area contributed by atoms with Crippen LogP contribution in [-0.2, 0) is 19.1 Å². The Morgan fingerprint density at radius 1 is 0.657 bits per heavy atom. The van der Waals surface area contributed by atoms with Crippen LogP contribution in [0.5, 0.6) is 11.5 Å². The summed E-state index contributed by atoms with van der Waals surface area (Å²) in [5.74, 6) is -0.830. The second-order valence-corrected chi connectivity index (χ2v) is 16.1. The number of fused-ring (bicyclic) bond motifs is 2. The molecule has 346 valence electrons. The number of hydrogen-bond acceptors (Lipinski definition) is 12. The summed E-state index contributed by atoms with van der Waals surface area (Å²) >= 11 is 0. The SMILES string of the molecule is COc1cc(/C=C2\OCCN3C2=NOC(C)C3c2ccc(F)cc2)ccc1-n1cnc(C)c1.COc1cc(/C=C2\OCCN3C2=NOCC3c2cc(F)c(F)c(F)c2)ccc1-n1cnc(C)c1. The van der Waals surface area contributed by atoms with E-state index >= 15 is 0 Å². The van der Waals surface area contributed by atoms with Crippen LogP contribution in [0.3, 0.4) is 0 Å². The molecule has 0 amide bonds. The van der Waals surface area contributed by atoms with Crippen molar-refractivity contribution >= 4 is 23.8 Å². The Bertz CT molecular complexity index is 2890. The Balaban J connectivity index is 0.000000168. The molecule has 2 aromatic heterocycles. The predicted molar refractivity (Wildman–Crippen MR) is 241 cm³/mol. The van der Waals surface area contributed by atoms with E-state index in [1.165, 1.54) is 12.1 Å². The summed E-state index contributed by atoms with van der Waals surface area (Å²) in [6.07, 6.45) is 10.8. The van der Waals surface area contributed by atoms with E-state index in [0.29, 0.717) is 61.0 Å². The summed E-state index contributed by atoms with van der Waals surface area (Å²) in [4.78, 5) is 23.6. The van der Waals surface area contributed by atoms with E-state index in [0.717, 1.165) is 51.6 Å². The molecule has 6 aromatic rings. The first-order valence-corrected chi connectivity index (χ1v) is 21.4. The lowest BCUT2D eigenvalue weighted by atomic mass is 9.98. The van der Waals surface area contributed by atoms with Crippen molar-refractivity contribution in [1.29, 1.82) is 0 Å². The molecule has 10 rings (SSSR count). The second kappa shape index (κ2) is 19.0. The van der Waals surface area contributed by atoms with Crippen molar-refractivity contribution in [2.75, 3.05) is 47.1 Å². The number of ether oxygens (including phenoxy) is 4. The number of oxime groups is 2. The third-order valence-corrected chi connectivity index (χ3v) is 11.6. The highest BCUT2D eigenvalue weighted by atomic mass is 19.2. The molecule has 67 heavy (non-hydrogen) atoms. The minimum absolute atomic E-state index is 0.0636. The van der Waals surface area contributed by atoms with Crippen molar-refractivity contribution in [3.8, 4) is 22.9 Å². The van der Waals surface area contributed by atoms with Gasteiger partial charge in [-0.3, -0.25) is 0 Å². The van der Waals surface area contributed by atoms with Gasteiger partial charge in [0.25, 0.3) is 0 Å². The fourth-order valence-corrected chi connectivity index (χ4v) is 8.37. The van der Waals surface area contributed by atoms with Crippen LogP contribution in [0.2, 0.25) is 0 Å². The van der Waals surface area contributed by atoms with Gasteiger partial charge in [-0.05, 0) is 104 Å². The number of nitrogens with zero attached hydrogens (tertiary/aromatic N) is 8. The van der Waals surface area contributed by atoms with Gasteiger partial charge in [0.2, 0.25) is 11.7 Å². The Hall–Kier alpha value is -7.76. The van der Waals surface area contributed by atoms with Crippen molar-refractivity contribution in [2.24, 2.45) is 10.3 Å². The van der Waals surface area contributed by atoms with Gasteiger partial charge in [0.05, 0.1) is 74.8 Å². The lowest BCUT2D eigenvalue weighted by Gasteiger charge is -2.42. The largest absolute Gasteiger partial charge is 0.495 e.